The first-order chi connectivity index (χ1) is 19.1. The quantitative estimate of drug-likeness (QED) is 0.0624. The third-order valence-electron chi connectivity index (χ3n) is 5.43. The molecule has 15 heteroatoms. The number of rotatable bonds is 15. The lowest BCUT2D eigenvalue weighted by atomic mass is 10.1. The van der Waals surface area contributed by atoms with Crippen LogP contribution in [0.2, 0.25) is 0 Å². The Morgan fingerprint density at radius 2 is 1.50 bits per heavy atom. The zero-order valence-corrected chi connectivity index (χ0v) is 26.0. The molecule has 0 radical (unpaired) electrons. The Labute approximate surface area is 256 Å². The van der Waals surface area contributed by atoms with E-state index < -0.39 is 17.9 Å². The van der Waals surface area contributed by atoms with Crippen LogP contribution in [0, 0.1) is 0 Å². The van der Waals surface area contributed by atoms with E-state index in [1.165, 1.54) is 6.07 Å². The number of amides is 2. The maximum Gasteiger partial charge on any atom is 0.269 e. The van der Waals surface area contributed by atoms with E-state index in [4.69, 9.17) is 10.5 Å². The van der Waals surface area contributed by atoms with Crippen LogP contribution in [-0.2, 0) is 22.4 Å². The topological polar surface area (TPSA) is 199 Å². The third kappa shape index (κ3) is 10.7. The fraction of sp³-hybridized carbons (Fsp3) is 0.360. The second-order valence-corrected chi connectivity index (χ2v) is 11.1. The van der Waals surface area contributed by atoms with Crippen molar-refractivity contribution in [3.05, 3.63) is 54.9 Å². The van der Waals surface area contributed by atoms with E-state index in [9.17, 15) is 30.2 Å². The van der Waals surface area contributed by atoms with Gasteiger partial charge in [-0.2, -0.15) is 0 Å². The van der Waals surface area contributed by atoms with Crippen molar-refractivity contribution in [2.24, 2.45) is 16.0 Å². The molecule has 0 saturated heterocycles. The van der Waals surface area contributed by atoms with Crippen LogP contribution >= 0.6 is 47.8 Å². The molecule has 1 atom stereocenters. The fourth-order valence-electron chi connectivity index (χ4n) is 3.38. The molecule has 0 saturated carbocycles. The number of nitrogens with zero attached hydrogens (tertiary/aromatic N) is 2. The van der Waals surface area contributed by atoms with E-state index in [0.717, 1.165) is 0 Å². The van der Waals surface area contributed by atoms with Crippen LogP contribution in [-0.4, -0.2) is 76.2 Å². The number of aromatic hydroxyl groups is 1. The van der Waals surface area contributed by atoms with Gasteiger partial charge in [-0.25, -0.2) is 0 Å². The van der Waals surface area contributed by atoms with Crippen LogP contribution in [0.1, 0.15) is 24.0 Å². The van der Waals surface area contributed by atoms with Gasteiger partial charge in [-0.05, 0) is 103 Å². The maximum atomic E-state index is 12.4. The first kappa shape index (κ1) is 33.5. The van der Waals surface area contributed by atoms with Gasteiger partial charge >= 0.3 is 0 Å². The van der Waals surface area contributed by atoms with Crippen LogP contribution in [0.25, 0.3) is 0 Å². The van der Waals surface area contributed by atoms with Crippen LogP contribution in [0.3, 0.4) is 0 Å². The molecule has 0 aliphatic heterocycles. The van der Waals surface area contributed by atoms with Crippen LogP contribution < -0.4 is 21.1 Å². The SMILES string of the molecule is NCCC(O)CNC(=O)C(Cc1cc(Br)c(OCCCNC(=O)C(Cc2ccc(O)c(Br)c2)=NO)c(Br)c1)=NO. The summed E-state index contributed by atoms with van der Waals surface area (Å²) < 4.78 is 7.47. The number of aliphatic hydroxyl groups is 1. The smallest absolute Gasteiger partial charge is 0.269 e. The van der Waals surface area contributed by atoms with Gasteiger partial charge in [0.15, 0.2) is 0 Å². The number of benzene rings is 2. The van der Waals surface area contributed by atoms with Crippen molar-refractivity contribution in [1.82, 2.24) is 10.6 Å². The van der Waals surface area contributed by atoms with Gasteiger partial charge < -0.3 is 41.7 Å². The predicted octanol–water partition coefficient (Wildman–Crippen LogP) is 2.84. The standard InChI is InChI=1S/C25H30Br3N5O7/c26-17-8-14(2-3-22(17)35)11-20(32-38)24(36)30-6-1-7-40-23-18(27)9-15(10-19(23)28)12-21(33-39)25(37)31-13-16(34)4-5-29/h2-3,8-10,16,34-35,38-39H,1,4-7,11-13,29H2,(H,30,36)(H,31,37). The lowest BCUT2D eigenvalue weighted by Gasteiger charge is -2.14. The average molecular weight is 752 g/mol. The molecule has 8 N–H and O–H groups in total. The Bertz CT molecular complexity index is 1220. The highest BCUT2D eigenvalue weighted by Crippen LogP contribution is 2.35. The number of halogens is 3. The maximum absolute atomic E-state index is 12.4. The summed E-state index contributed by atoms with van der Waals surface area (Å²) in [6.07, 6.45) is 0.0867. The number of phenolic OH excluding ortho intramolecular Hbond substituents is 1. The van der Waals surface area contributed by atoms with Crippen molar-refractivity contribution < 1.29 is 35.0 Å². The van der Waals surface area contributed by atoms with Crippen molar-refractivity contribution in [1.29, 1.82) is 0 Å². The summed E-state index contributed by atoms with van der Waals surface area (Å²) in [6, 6.07) is 8.16. The molecule has 2 rings (SSSR count). The van der Waals surface area contributed by atoms with E-state index in [-0.39, 0.29) is 56.3 Å². The fourth-order valence-corrected chi connectivity index (χ4v) is 5.32. The minimum absolute atomic E-state index is 0.0137. The molecule has 1 unspecified atom stereocenters. The first-order valence-electron chi connectivity index (χ1n) is 12.0. The van der Waals surface area contributed by atoms with Crippen molar-refractivity contribution in [3.63, 3.8) is 0 Å². The van der Waals surface area contributed by atoms with Crippen molar-refractivity contribution in [2.75, 3.05) is 26.2 Å². The number of nitrogens with two attached hydrogens (primary N) is 1. The van der Waals surface area contributed by atoms with Gasteiger partial charge in [-0.1, -0.05) is 16.4 Å². The van der Waals surface area contributed by atoms with Crippen molar-refractivity contribution in [3.8, 4) is 11.5 Å². The molecule has 0 aliphatic rings. The molecule has 0 spiro atoms. The monoisotopic (exact) mass is 749 g/mol. The molecule has 12 nitrogen and oxygen atoms in total. The highest BCUT2D eigenvalue weighted by Gasteiger charge is 2.18. The summed E-state index contributed by atoms with van der Waals surface area (Å²) in [5.41, 5.74) is 6.49. The second kappa shape index (κ2) is 17.2. The Kier molecular flexibility index (Phi) is 14.4. The number of hydrogen-bond donors (Lipinski definition) is 7. The van der Waals surface area contributed by atoms with E-state index in [1.54, 1.807) is 24.3 Å². The number of aliphatic hydroxyl groups excluding tert-OH is 1. The van der Waals surface area contributed by atoms with Gasteiger partial charge in [-0.3, -0.25) is 9.59 Å². The second-order valence-electron chi connectivity index (χ2n) is 8.52. The molecule has 0 fully saturated rings. The van der Waals surface area contributed by atoms with E-state index in [2.05, 4.69) is 68.7 Å². The Morgan fingerprint density at radius 3 is 2.08 bits per heavy atom. The Hall–Kier alpha value is -2.72. The lowest BCUT2D eigenvalue weighted by molar-refractivity contribution is -0.116. The van der Waals surface area contributed by atoms with Crippen LogP contribution in [0.15, 0.2) is 54.1 Å². The summed E-state index contributed by atoms with van der Waals surface area (Å²) in [4.78, 5) is 24.7. The number of carbonyl (C=O) groups excluding carboxylic acids is 2. The van der Waals surface area contributed by atoms with Gasteiger partial charge in [-0.15, -0.1) is 0 Å². The highest BCUT2D eigenvalue weighted by atomic mass is 79.9. The first-order valence-corrected chi connectivity index (χ1v) is 14.4. The van der Waals surface area contributed by atoms with Crippen molar-refractivity contribution in [2.45, 2.75) is 31.8 Å². The molecular weight excluding hydrogens is 722 g/mol. The van der Waals surface area contributed by atoms with E-state index in [0.29, 0.717) is 43.1 Å². The largest absolute Gasteiger partial charge is 0.507 e. The molecule has 0 aromatic heterocycles. The van der Waals surface area contributed by atoms with Gasteiger partial charge in [0.05, 0.1) is 26.1 Å². The van der Waals surface area contributed by atoms with Crippen LogP contribution in [0.5, 0.6) is 11.5 Å². The van der Waals surface area contributed by atoms with Gasteiger partial charge in [0.25, 0.3) is 11.8 Å². The molecular formula is C25H30Br3N5O7. The normalized spacial score (nSPS) is 12.6. The number of nitrogens with one attached hydrogen (secondary N) is 2. The molecule has 40 heavy (non-hydrogen) atoms. The van der Waals surface area contributed by atoms with E-state index in [1.807, 2.05) is 0 Å². The van der Waals surface area contributed by atoms with Crippen molar-refractivity contribution >= 4 is 71.0 Å². The number of hydrogen-bond acceptors (Lipinski definition) is 10. The lowest BCUT2D eigenvalue weighted by Crippen LogP contribution is -2.38. The Morgan fingerprint density at radius 1 is 0.925 bits per heavy atom. The number of phenols is 1. The molecule has 0 bridgehead atoms. The van der Waals surface area contributed by atoms with E-state index >= 15 is 0 Å². The number of oxime groups is 2. The molecule has 218 valence electrons. The molecule has 2 aromatic carbocycles. The van der Waals surface area contributed by atoms with Gasteiger partial charge in [0.2, 0.25) is 0 Å². The molecule has 0 heterocycles. The zero-order chi connectivity index (χ0) is 29.7. The van der Waals surface area contributed by atoms with Crippen LogP contribution in [0.4, 0.5) is 0 Å². The average Bonchev–Trinajstić information content (AvgIpc) is 2.92. The summed E-state index contributed by atoms with van der Waals surface area (Å²) in [6.45, 7) is 0.781. The number of carbonyl (C=O) groups is 2. The predicted molar refractivity (Wildman–Crippen MR) is 159 cm³/mol. The third-order valence-corrected chi connectivity index (χ3v) is 7.24. The minimum Gasteiger partial charge on any atom is -0.507 e. The summed E-state index contributed by atoms with van der Waals surface area (Å²) >= 11 is 10.1. The molecule has 2 amide bonds. The highest BCUT2D eigenvalue weighted by molar-refractivity contribution is 9.11. The molecule has 2 aromatic rings. The summed E-state index contributed by atoms with van der Waals surface area (Å²) in [5.74, 6) is -0.579. The summed E-state index contributed by atoms with van der Waals surface area (Å²) in [7, 11) is 0. The Balaban J connectivity index is 1.85. The number of ether oxygens (including phenoxy) is 1. The zero-order valence-electron chi connectivity index (χ0n) is 21.2. The van der Waals surface area contributed by atoms with Gasteiger partial charge in [0, 0.05) is 25.9 Å². The molecule has 0 aliphatic carbocycles. The summed E-state index contributed by atoms with van der Waals surface area (Å²) in [5, 5.41) is 49.2. The minimum atomic E-state index is -0.792. The van der Waals surface area contributed by atoms with Gasteiger partial charge in [0.1, 0.15) is 22.9 Å².